The van der Waals surface area contributed by atoms with E-state index < -0.39 is 11.9 Å². The summed E-state index contributed by atoms with van der Waals surface area (Å²) in [6, 6.07) is 10.2. The fourth-order valence-electron chi connectivity index (χ4n) is 1.94. The number of aryl methyl sites for hydroxylation is 1. The lowest BCUT2D eigenvalue weighted by Crippen LogP contribution is -2.02. The molecule has 1 N–H and O–H groups in total. The summed E-state index contributed by atoms with van der Waals surface area (Å²) in [7, 11) is 0. The molecule has 2 rings (SSSR count). The Bertz CT molecular complexity index is 611. The van der Waals surface area contributed by atoms with Gasteiger partial charge in [-0.1, -0.05) is 35.4 Å². The molecule has 0 saturated carbocycles. The van der Waals surface area contributed by atoms with E-state index in [1.165, 1.54) is 6.07 Å². The van der Waals surface area contributed by atoms with Crippen LogP contribution in [-0.4, -0.2) is 5.11 Å². The summed E-state index contributed by atoms with van der Waals surface area (Å²) in [5.41, 5.74) is 2.32. The molecule has 0 heterocycles. The summed E-state index contributed by atoms with van der Waals surface area (Å²) in [5.74, 6) is 0.110. The Hall–Kier alpha value is -1.58. The van der Waals surface area contributed by atoms with Crippen LogP contribution in [0.15, 0.2) is 36.4 Å². The highest BCUT2D eigenvalue weighted by molar-refractivity contribution is 6.31. The van der Waals surface area contributed by atoms with Gasteiger partial charge >= 0.3 is 0 Å². The van der Waals surface area contributed by atoms with Crippen LogP contribution >= 0.6 is 11.6 Å². The largest absolute Gasteiger partial charge is 0.488 e. The molecule has 1 unspecified atom stereocenters. The SMILES string of the molecule is Cc1ccc(OCc2cccc(F)c2Cl)c(C(C)O)c1. The Morgan fingerprint density at radius 1 is 1.30 bits per heavy atom. The highest BCUT2D eigenvalue weighted by Crippen LogP contribution is 2.28. The minimum atomic E-state index is -0.632. The van der Waals surface area contributed by atoms with Crippen molar-refractivity contribution in [3.05, 3.63) is 63.9 Å². The van der Waals surface area contributed by atoms with Crippen molar-refractivity contribution in [1.82, 2.24) is 0 Å². The van der Waals surface area contributed by atoms with E-state index in [9.17, 15) is 9.50 Å². The van der Waals surface area contributed by atoms with E-state index in [1.54, 1.807) is 25.1 Å². The third-order valence-corrected chi connectivity index (χ3v) is 3.45. The van der Waals surface area contributed by atoms with Gasteiger partial charge in [-0.25, -0.2) is 4.39 Å². The summed E-state index contributed by atoms with van der Waals surface area (Å²) in [6.45, 7) is 3.77. The van der Waals surface area contributed by atoms with Gasteiger partial charge in [0, 0.05) is 11.1 Å². The first-order valence-corrected chi connectivity index (χ1v) is 6.71. The van der Waals surface area contributed by atoms with Crippen LogP contribution in [0.2, 0.25) is 5.02 Å². The molecule has 2 nitrogen and oxygen atoms in total. The maximum absolute atomic E-state index is 13.3. The smallest absolute Gasteiger partial charge is 0.142 e. The van der Waals surface area contributed by atoms with E-state index in [0.717, 1.165) is 5.56 Å². The van der Waals surface area contributed by atoms with Gasteiger partial charge in [0.2, 0.25) is 0 Å². The molecule has 0 radical (unpaired) electrons. The van der Waals surface area contributed by atoms with Gasteiger partial charge in [0.05, 0.1) is 11.1 Å². The van der Waals surface area contributed by atoms with Crippen molar-refractivity contribution in [3.63, 3.8) is 0 Å². The van der Waals surface area contributed by atoms with Crippen LogP contribution in [0.25, 0.3) is 0 Å². The molecule has 0 aliphatic carbocycles. The quantitative estimate of drug-likeness (QED) is 0.904. The number of hydrogen-bond acceptors (Lipinski definition) is 2. The molecule has 2 aromatic carbocycles. The van der Waals surface area contributed by atoms with Gasteiger partial charge in [0.1, 0.15) is 18.2 Å². The molecule has 2 aromatic rings. The highest BCUT2D eigenvalue weighted by Gasteiger charge is 2.11. The van der Waals surface area contributed by atoms with Gasteiger partial charge in [-0.15, -0.1) is 0 Å². The van der Waals surface area contributed by atoms with Crippen LogP contribution in [0.3, 0.4) is 0 Å². The molecular weight excluding hydrogens is 279 g/mol. The number of benzene rings is 2. The number of halogens is 2. The Labute approximate surface area is 122 Å². The molecule has 0 spiro atoms. The molecule has 0 bridgehead atoms. The molecular formula is C16H16ClFO2. The summed E-state index contributed by atoms with van der Waals surface area (Å²) in [5, 5.41) is 9.83. The predicted octanol–water partition coefficient (Wildman–Crippen LogP) is 4.42. The lowest BCUT2D eigenvalue weighted by Gasteiger charge is -2.15. The zero-order valence-electron chi connectivity index (χ0n) is 11.4. The molecule has 106 valence electrons. The Morgan fingerprint density at radius 3 is 2.75 bits per heavy atom. The van der Waals surface area contributed by atoms with Gasteiger partial charge in [0.15, 0.2) is 0 Å². The minimum absolute atomic E-state index is 0.0678. The molecule has 0 fully saturated rings. The van der Waals surface area contributed by atoms with Gasteiger partial charge in [-0.05, 0) is 32.0 Å². The Balaban J connectivity index is 2.21. The average Bonchev–Trinajstić information content (AvgIpc) is 2.41. The van der Waals surface area contributed by atoms with Crippen molar-refractivity contribution >= 4 is 11.6 Å². The van der Waals surface area contributed by atoms with E-state index in [2.05, 4.69) is 0 Å². The third kappa shape index (κ3) is 3.30. The first kappa shape index (κ1) is 14.8. The van der Waals surface area contributed by atoms with Crippen molar-refractivity contribution in [1.29, 1.82) is 0 Å². The second-order valence-electron chi connectivity index (χ2n) is 4.72. The highest BCUT2D eigenvalue weighted by atomic mass is 35.5. The standard InChI is InChI=1S/C16H16ClFO2/c1-10-6-7-15(13(8-10)11(2)19)20-9-12-4-3-5-14(18)16(12)17/h3-8,11,19H,9H2,1-2H3. The number of rotatable bonds is 4. The molecule has 0 aliphatic rings. The van der Waals surface area contributed by atoms with Crippen LogP contribution in [0.4, 0.5) is 4.39 Å². The van der Waals surface area contributed by atoms with Crippen LogP contribution in [0, 0.1) is 12.7 Å². The Kier molecular flexibility index (Phi) is 4.63. The van der Waals surface area contributed by atoms with Gasteiger partial charge < -0.3 is 9.84 Å². The van der Waals surface area contributed by atoms with Crippen LogP contribution in [-0.2, 0) is 6.61 Å². The van der Waals surface area contributed by atoms with Gasteiger partial charge in [-0.3, -0.25) is 0 Å². The molecule has 4 heteroatoms. The minimum Gasteiger partial charge on any atom is -0.488 e. The van der Waals surface area contributed by atoms with E-state index in [-0.39, 0.29) is 11.6 Å². The number of aliphatic hydroxyl groups is 1. The summed E-state index contributed by atoms with van der Waals surface area (Å²) in [6.07, 6.45) is -0.632. The zero-order valence-corrected chi connectivity index (χ0v) is 12.1. The predicted molar refractivity (Wildman–Crippen MR) is 77.6 cm³/mol. The fourth-order valence-corrected chi connectivity index (χ4v) is 2.12. The van der Waals surface area contributed by atoms with E-state index in [4.69, 9.17) is 16.3 Å². The van der Waals surface area contributed by atoms with E-state index in [0.29, 0.717) is 16.9 Å². The van der Waals surface area contributed by atoms with Crippen LogP contribution in [0.5, 0.6) is 5.75 Å². The van der Waals surface area contributed by atoms with Crippen LogP contribution in [0.1, 0.15) is 29.7 Å². The Morgan fingerprint density at radius 2 is 2.05 bits per heavy atom. The van der Waals surface area contributed by atoms with Crippen LogP contribution < -0.4 is 4.74 Å². The summed E-state index contributed by atoms with van der Waals surface area (Å²) < 4.78 is 19.0. The average molecular weight is 295 g/mol. The maximum Gasteiger partial charge on any atom is 0.142 e. The van der Waals surface area contributed by atoms with E-state index >= 15 is 0 Å². The molecule has 1 atom stereocenters. The fraction of sp³-hybridized carbons (Fsp3) is 0.250. The second-order valence-corrected chi connectivity index (χ2v) is 5.10. The first-order chi connectivity index (χ1) is 9.49. The number of aliphatic hydroxyl groups excluding tert-OH is 1. The molecule has 0 saturated heterocycles. The monoisotopic (exact) mass is 294 g/mol. The number of hydrogen-bond donors (Lipinski definition) is 1. The number of ether oxygens (including phenoxy) is 1. The van der Waals surface area contributed by atoms with Crippen molar-refractivity contribution in [2.24, 2.45) is 0 Å². The maximum atomic E-state index is 13.3. The van der Waals surface area contributed by atoms with E-state index in [1.807, 2.05) is 19.1 Å². The first-order valence-electron chi connectivity index (χ1n) is 6.33. The molecule has 20 heavy (non-hydrogen) atoms. The molecule has 0 amide bonds. The lowest BCUT2D eigenvalue weighted by atomic mass is 10.1. The molecule has 0 aromatic heterocycles. The summed E-state index contributed by atoms with van der Waals surface area (Å²) >= 11 is 5.88. The normalized spacial score (nSPS) is 12.2. The lowest BCUT2D eigenvalue weighted by molar-refractivity contribution is 0.190. The summed E-state index contributed by atoms with van der Waals surface area (Å²) in [4.78, 5) is 0. The van der Waals surface area contributed by atoms with Gasteiger partial charge in [0.25, 0.3) is 0 Å². The topological polar surface area (TPSA) is 29.5 Å². The van der Waals surface area contributed by atoms with Crippen molar-refractivity contribution in [2.75, 3.05) is 0 Å². The molecule has 0 aliphatic heterocycles. The van der Waals surface area contributed by atoms with Crippen molar-refractivity contribution in [3.8, 4) is 5.75 Å². The van der Waals surface area contributed by atoms with Crippen molar-refractivity contribution < 1.29 is 14.2 Å². The second kappa shape index (κ2) is 6.25. The third-order valence-electron chi connectivity index (χ3n) is 3.03. The van der Waals surface area contributed by atoms with Gasteiger partial charge in [-0.2, -0.15) is 0 Å². The van der Waals surface area contributed by atoms with Crippen molar-refractivity contribution in [2.45, 2.75) is 26.6 Å². The zero-order chi connectivity index (χ0) is 14.7.